The van der Waals surface area contributed by atoms with Crippen molar-refractivity contribution in [2.45, 2.75) is 6.54 Å². The summed E-state index contributed by atoms with van der Waals surface area (Å²) in [5.41, 5.74) is 5.45. The van der Waals surface area contributed by atoms with Crippen LogP contribution in [0.3, 0.4) is 0 Å². The first-order valence-corrected chi connectivity index (χ1v) is 4.05. The Morgan fingerprint density at radius 3 is 2.79 bits per heavy atom. The minimum Gasteiger partial charge on any atom is -0.508 e. The Morgan fingerprint density at radius 1 is 1.50 bits per heavy atom. The van der Waals surface area contributed by atoms with E-state index in [1.165, 1.54) is 12.1 Å². The van der Waals surface area contributed by atoms with E-state index in [1.54, 1.807) is 0 Å². The number of rotatable bonds is 4. The average molecular weight is 198 g/mol. The fourth-order valence-electron chi connectivity index (χ4n) is 1.07. The molecule has 4 N–H and O–H groups in total. The average Bonchev–Trinajstić information content (AvgIpc) is 2.01. The zero-order valence-electron chi connectivity index (χ0n) is 7.46. The van der Waals surface area contributed by atoms with Crippen molar-refractivity contribution in [2.24, 2.45) is 5.73 Å². The number of phenols is 1. The van der Waals surface area contributed by atoms with E-state index < -0.39 is 11.7 Å². The van der Waals surface area contributed by atoms with Crippen LogP contribution in [0.25, 0.3) is 0 Å². The Hall–Kier alpha value is -1.62. The standard InChI is InChI=1S/C9H11FN2O2/c10-7-1-6(2-8(13)3-7)4-12-5-9(11)14/h1-3,12-13H,4-5H2,(H2,11,14). The van der Waals surface area contributed by atoms with Crippen molar-refractivity contribution in [3.63, 3.8) is 0 Å². The minimum absolute atomic E-state index is 0.0251. The molecule has 1 aromatic rings. The molecule has 4 nitrogen and oxygen atoms in total. The number of hydrogen-bond acceptors (Lipinski definition) is 3. The molecular formula is C9H11FN2O2. The summed E-state index contributed by atoms with van der Waals surface area (Å²) in [6, 6.07) is 3.70. The van der Waals surface area contributed by atoms with Crippen molar-refractivity contribution < 1.29 is 14.3 Å². The number of carbonyl (C=O) groups excluding carboxylic acids is 1. The fraction of sp³-hybridized carbons (Fsp3) is 0.222. The van der Waals surface area contributed by atoms with Crippen LogP contribution < -0.4 is 11.1 Å². The minimum atomic E-state index is -0.513. The number of aromatic hydroxyl groups is 1. The van der Waals surface area contributed by atoms with E-state index in [4.69, 9.17) is 10.8 Å². The first-order valence-electron chi connectivity index (χ1n) is 4.05. The van der Waals surface area contributed by atoms with Crippen LogP contribution in [0, 0.1) is 5.82 Å². The van der Waals surface area contributed by atoms with Crippen LogP contribution in [0.15, 0.2) is 18.2 Å². The molecule has 0 fully saturated rings. The third kappa shape index (κ3) is 3.40. The number of benzene rings is 1. The van der Waals surface area contributed by atoms with Gasteiger partial charge in [0, 0.05) is 12.6 Å². The number of halogens is 1. The molecule has 0 aliphatic rings. The molecule has 1 amide bonds. The van der Waals surface area contributed by atoms with Gasteiger partial charge in [-0.3, -0.25) is 4.79 Å². The summed E-state index contributed by atoms with van der Waals surface area (Å²) in [5.74, 6) is -1.13. The normalized spacial score (nSPS) is 10.1. The van der Waals surface area contributed by atoms with Crippen LogP contribution in [0.2, 0.25) is 0 Å². The maximum atomic E-state index is 12.7. The van der Waals surface area contributed by atoms with Gasteiger partial charge in [-0.2, -0.15) is 0 Å². The summed E-state index contributed by atoms with van der Waals surface area (Å²) in [6.45, 7) is 0.311. The molecule has 0 spiro atoms. The Balaban J connectivity index is 2.54. The maximum Gasteiger partial charge on any atom is 0.231 e. The first-order chi connectivity index (χ1) is 6.58. The molecule has 1 aromatic carbocycles. The number of amides is 1. The zero-order valence-corrected chi connectivity index (χ0v) is 7.46. The van der Waals surface area contributed by atoms with Crippen molar-refractivity contribution in [3.8, 4) is 5.75 Å². The van der Waals surface area contributed by atoms with Crippen LogP contribution in [0.5, 0.6) is 5.75 Å². The molecule has 0 aromatic heterocycles. The van der Waals surface area contributed by atoms with Gasteiger partial charge in [-0.05, 0) is 17.7 Å². The lowest BCUT2D eigenvalue weighted by atomic mass is 10.2. The lowest BCUT2D eigenvalue weighted by molar-refractivity contribution is -0.117. The smallest absolute Gasteiger partial charge is 0.231 e. The molecule has 14 heavy (non-hydrogen) atoms. The highest BCUT2D eigenvalue weighted by Gasteiger charge is 2.00. The number of carbonyl (C=O) groups is 1. The molecule has 0 heterocycles. The number of phenolic OH excluding ortho intramolecular Hbond substituents is 1. The summed E-state index contributed by atoms with van der Waals surface area (Å²) in [4.78, 5) is 10.4. The van der Waals surface area contributed by atoms with Gasteiger partial charge in [0.05, 0.1) is 6.54 Å². The largest absolute Gasteiger partial charge is 0.508 e. The van der Waals surface area contributed by atoms with Crippen LogP contribution in [0.1, 0.15) is 5.56 Å². The molecule has 0 saturated carbocycles. The highest BCUT2D eigenvalue weighted by molar-refractivity contribution is 5.75. The third-order valence-corrected chi connectivity index (χ3v) is 1.57. The van der Waals surface area contributed by atoms with Crippen molar-refractivity contribution in [1.82, 2.24) is 5.32 Å². The molecule has 0 unspecified atom stereocenters. The summed E-state index contributed by atoms with van der Waals surface area (Å²) >= 11 is 0. The third-order valence-electron chi connectivity index (χ3n) is 1.57. The lowest BCUT2D eigenvalue weighted by Crippen LogP contribution is -2.28. The Labute approximate surface area is 80.5 Å². The Kier molecular flexibility index (Phi) is 3.41. The molecule has 1 rings (SSSR count). The van der Waals surface area contributed by atoms with Gasteiger partial charge in [0.2, 0.25) is 5.91 Å². The highest BCUT2D eigenvalue weighted by atomic mass is 19.1. The highest BCUT2D eigenvalue weighted by Crippen LogP contribution is 2.13. The number of nitrogens with one attached hydrogen (secondary N) is 1. The van der Waals surface area contributed by atoms with E-state index in [0.29, 0.717) is 5.56 Å². The number of hydrogen-bond donors (Lipinski definition) is 3. The van der Waals surface area contributed by atoms with Crippen LogP contribution in [0.4, 0.5) is 4.39 Å². The number of primary amides is 1. The zero-order chi connectivity index (χ0) is 10.6. The van der Waals surface area contributed by atoms with E-state index in [-0.39, 0.29) is 18.8 Å². The molecule has 0 atom stereocenters. The maximum absolute atomic E-state index is 12.7. The van der Waals surface area contributed by atoms with E-state index in [9.17, 15) is 9.18 Å². The summed E-state index contributed by atoms with van der Waals surface area (Å²) in [6.07, 6.45) is 0. The van der Waals surface area contributed by atoms with Gasteiger partial charge < -0.3 is 16.2 Å². The summed E-state index contributed by atoms with van der Waals surface area (Å²) in [5, 5.41) is 11.7. The second-order valence-electron chi connectivity index (χ2n) is 2.89. The van der Waals surface area contributed by atoms with Crippen LogP contribution in [-0.4, -0.2) is 17.6 Å². The Bertz CT molecular complexity index is 321. The molecule has 5 heteroatoms. The predicted molar refractivity (Wildman–Crippen MR) is 49.0 cm³/mol. The van der Waals surface area contributed by atoms with Crippen molar-refractivity contribution in [1.29, 1.82) is 0 Å². The molecule has 0 saturated heterocycles. The molecule has 76 valence electrons. The first kappa shape index (κ1) is 10.5. The fourth-order valence-corrected chi connectivity index (χ4v) is 1.07. The molecular weight excluding hydrogens is 187 g/mol. The SMILES string of the molecule is NC(=O)CNCc1cc(O)cc(F)c1. The molecule has 0 bridgehead atoms. The van der Waals surface area contributed by atoms with Gasteiger partial charge in [-0.25, -0.2) is 4.39 Å². The second-order valence-corrected chi connectivity index (χ2v) is 2.89. The number of nitrogens with two attached hydrogens (primary N) is 1. The van der Waals surface area contributed by atoms with Crippen molar-refractivity contribution in [3.05, 3.63) is 29.6 Å². The van der Waals surface area contributed by atoms with Gasteiger partial charge in [0.1, 0.15) is 11.6 Å². The predicted octanol–water partition coefficient (Wildman–Crippen LogP) is 0.106. The quantitative estimate of drug-likeness (QED) is 0.642. The summed E-state index contributed by atoms with van der Waals surface area (Å²) in [7, 11) is 0. The van der Waals surface area contributed by atoms with E-state index in [1.807, 2.05) is 0 Å². The van der Waals surface area contributed by atoms with Crippen LogP contribution in [-0.2, 0) is 11.3 Å². The second kappa shape index (κ2) is 4.57. The van der Waals surface area contributed by atoms with E-state index >= 15 is 0 Å². The van der Waals surface area contributed by atoms with Crippen molar-refractivity contribution >= 4 is 5.91 Å². The topological polar surface area (TPSA) is 75.4 Å². The van der Waals surface area contributed by atoms with Gasteiger partial charge in [-0.1, -0.05) is 0 Å². The van der Waals surface area contributed by atoms with Gasteiger partial charge >= 0.3 is 0 Å². The van der Waals surface area contributed by atoms with Crippen molar-refractivity contribution in [2.75, 3.05) is 6.54 Å². The van der Waals surface area contributed by atoms with Gasteiger partial charge in [0.15, 0.2) is 0 Å². The Morgan fingerprint density at radius 2 is 2.21 bits per heavy atom. The molecule has 0 aliphatic heterocycles. The van der Waals surface area contributed by atoms with E-state index in [2.05, 4.69) is 5.32 Å². The van der Waals surface area contributed by atoms with Gasteiger partial charge in [0.25, 0.3) is 0 Å². The van der Waals surface area contributed by atoms with E-state index in [0.717, 1.165) is 6.07 Å². The molecule has 0 aliphatic carbocycles. The van der Waals surface area contributed by atoms with Gasteiger partial charge in [-0.15, -0.1) is 0 Å². The summed E-state index contributed by atoms with van der Waals surface area (Å²) < 4.78 is 12.7. The molecule has 0 radical (unpaired) electrons. The van der Waals surface area contributed by atoms with Crippen LogP contribution >= 0.6 is 0 Å². The lowest BCUT2D eigenvalue weighted by Gasteiger charge is -2.03. The monoisotopic (exact) mass is 198 g/mol.